The molecule has 0 saturated heterocycles. The molecular formula is C14H22O. The first-order valence-electron chi connectivity index (χ1n) is 5.74. The van der Waals surface area contributed by atoms with E-state index in [9.17, 15) is 5.11 Å². The molecule has 0 aliphatic rings. The van der Waals surface area contributed by atoms with Crippen molar-refractivity contribution in [2.45, 2.75) is 40.2 Å². The number of rotatable bonds is 4. The Bertz CT molecular complexity index is 277. The summed E-state index contributed by atoms with van der Waals surface area (Å²) in [5.74, 6) is 0.874. The summed E-state index contributed by atoms with van der Waals surface area (Å²) in [6.45, 7) is 8.33. The van der Waals surface area contributed by atoms with Crippen molar-refractivity contribution in [1.82, 2.24) is 0 Å². The Morgan fingerprint density at radius 2 is 1.60 bits per heavy atom. The van der Waals surface area contributed by atoms with E-state index in [2.05, 4.69) is 45.0 Å². The van der Waals surface area contributed by atoms with Gasteiger partial charge < -0.3 is 5.11 Å². The molecule has 84 valence electrons. The topological polar surface area (TPSA) is 20.2 Å². The molecule has 0 amide bonds. The molecule has 0 radical (unpaired) electrons. The van der Waals surface area contributed by atoms with Crippen LogP contribution in [0.15, 0.2) is 24.3 Å². The molecule has 1 heteroatoms. The van der Waals surface area contributed by atoms with Gasteiger partial charge in [-0.05, 0) is 37.7 Å². The van der Waals surface area contributed by atoms with Crippen LogP contribution in [0.2, 0.25) is 0 Å². The maximum absolute atomic E-state index is 9.70. The Kier molecular flexibility index (Phi) is 4.34. The SMILES string of the molecule is Cc1ccc(CC(C(C)C)C(C)O)cc1. The van der Waals surface area contributed by atoms with Crippen molar-refractivity contribution in [3.8, 4) is 0 Å². The minimum Gasteiger partial charge on any atom is -0.393 e. The second kappa shape index (κ2) is 5.32. The van der Waals surface area contributed by atoms with Crippen molar-refractivity contribution in [3.05, 3.63) is 35.4 Å². The summed E-state index contributed by atoms with van der Waals surface area (Å²) in [6.07, 6.45) is 0.738. The predicted molar refractivity (Wildman–Crippen MR) is 64.9 cm³/mol. The van der Waals surface area contributed by atoms with Crippen LogP contribution in [0.4, 0.5) is 0 Å². The number of aliphatic hydroxyl groups is 1. The minimum absolute atomic E-state index is 0.230. The molecule has 0 aliphatic heterocycles. The van der Waals surface area contributed by atoms with E-state index in [0.29, 0.717) is 11.8 Å². The van der Waals surface area contributed by atoms with Crippen molar-refractivity contribution in [2.24, 2.45) is 11.8 Å². The molecule has 0 heterocycles. The van der Waals surface area contributed by atoms with E-state index in [4.69, 9.17) is 0 Å². The molecule has 1 nitrogen and oxygen atoms in total. The highest BCUT2D eigenvalue weighted by Crippen LogP contribution is 2.21. The Balaban J connectivity index is 2.70. The molecule has 2 atom stereocenters. The number of benzene rings is 1. The van der Waals surface area contributed by atoms with Crippen LogP contribution in [0, 0.1) is 18.8 Å². The highest BCUT2D eigenvalue weighted by atomic mass is 16.3. The van der Waals surface area contributed by atoms with Gasteiger partial charge in [-0.2, -0.15) is 0 Å². The van der Waals surface area contributed by atoms with Crippen LogP contribution in [-0.4, -0.2) is 11.2 Å². The molecular weight excluding hydrogens is 184 g/mol. The molecule has 2 unspecified atom stereocenters. The highest BCUT2D eigenvalue weighted by Gasteiger charge is 2.19. The maximum atomic E-state index is 9.70. The summed E-state index contributed by atoms with van der Waals surface area (Å²) in [7, 11) is 0. The van der Waals surface area contributed by atoms with Crippen LogP contribution < -0.4 is 0 Å². The zero-order valence-corrected chi connectivity index (χ0v) is 10.2. The average molecular weight is 206 g/mol. The fourth-order valence-corrected chi connectivity index (χ4v) is 1.96. The summed E-state index contributed by atoms with van der Waals surface area (Å²) in [6, 6.07) is 8.59. The smallest absolute Gasteiger partial charge is 0.0545 e. The Morgan fingerprint density at radius 1 is 1.07 bits per heavy atom. The number of hydrogen-bond acceptors (Lipinski definition) is 1. The van der Waals surface area contributed by atoms with E-state index < -0.39 is 0 Å². The molecule has 0 spiro atoms. The van der Waals surface area contributed by atoms with Crippen LogP contribution in [-0.2, 0) is 6.42 Å². The maximum Gasteiger partial charge on any atom is 0.0545 e. The normalized spacial score (nSPS) is 15.3. The van der Waals surface area contributed by atoms with Gasteiger partial charge in [0.1, 0.15) is 0 Å². The fourth-order valence-electron chi connectivity index (χ4n) is 1.96. The van der Waals surface area contributed by atoms with Gasteiger partial charge in [0, 0.05) is 0 Å². The zero-order valence-electron chi connectivity index (χ0n) is 10.2. The number of aryl methyl sites for hydroxylation is 1. The summed E-state index contributed by atoms with van der Waals surface area (Å²) in [5, 5.41) is 9.70. The monoisotopic (exact) mass is 206 g/mol. The van der Waals surface area contributed by atoms with Gasteiger partial charge in [-0.15, -0.1) is 0 Å². The standard InChI is InChI=1S/C14H22O/c1-10(2)14(12(4)15)9-13-7-5-11(3)6-8-13/h5-8,10,12,14-15H,9H2,1-4H3. The van der Waals surface area contributed by atoms with Gasteiger partial charge in [-0.3, -0.25) is 0 Å². The predicted octanol–water partition coefficient (Wildman–Crippen LogP) is 3.19. The molecule has 0 bridgehead atoms. The van der Waals surface area contributed by atoms with E-state index in [1.54, 1.807) is 0 Å². The van der Waals surface area contributed by atoms with Crippen LogP contribution in [0.25, 0.3) is 0 Å². The molecule has 0 aromatic heterocycles. The highest BCUT2D eigenvalue weighted by molar-refractivity contribution is 5.21. The largest absolute Gasteiger partial charge is 0.393 e. The molecule has 15 heavy (non-hydrogen) atoms. The summed E-state index contributed by atoms with van der Waals surface area (Å²) >= 11 is 0. The van der Waals surface area contributed by atoms with Crippen LogP contribution in [0.1, 0.15) is 31.9 Å². The van der Waals surface area contributed by atoms with Gasteiger partial charge in [-0.25, -0.2) is 0 Å². The molecule has 1 rings (SSSR count). The number of hydrogen-bond donors (Lipinski definition) is 1. The lowest BCUT2D eigenvalue weighted by Crippen LogP contribution is -2.24. The summed E-state index contributed by atoms with van der Waals surface area (Å²) in [4.78, 5) is 0. The summed E-state index contributed by atoms with van der Waals surface area (Å²) in [5.41, 5.74) is 2.61. The Hall–Kier alpha value is -0.820. The Morgan fingerprint density at radius 3 is 2.00 bits per heavy atom. The van der Waals surface area contributed by atoms with E-state index in [1.165, 1.54) is 11.1 Å². The lowest BCUT2D eigenvalue weighted by Gasteiger charge is -2.23. The quantitative estimate of drug-likeness (QED) is 0.802. The van der Waals surface area contributed by atoms with Gasteiger partial charge in [0.15, 0.2) is 0 Å². The lowest BCUT2D eigenvalue weighted by atomic mass is 9.85. The number of aliphatic hydroxyl groups excluding tert-OH is 1. The third-order valence-electron chi connectivity index (χ3n) is 3.07. The summed E-state index contributed by atoms with van der Waals surface area (Å²) < 4.78 is 0. The molecule has 0 saturated carbocycles. The minimum atomic E-state index is -0.230. The first-order valence-corrected chi connectivity index (χ1v) is 5.74. The van der Waals surface area contributed by atoms with Gasteiger partial charge in [0.25, 0.3) is 0 Å². The average Bonchev–Trinajstić information content (AvgIpc) is 2.15. The van der Waals surface area contributed by atoms with Crippen molar-refractivity contribution in [1.29, 1.82) is 0 Å². The van der Waals surface area contributed by atoms with E-state index in [1.807, 2.05) is 6.92 Å². The molecule has 1 N–H and O–H groups in total. The van der Waals surface area contributed by atoms with Gasteiger partial charge >= 0.3 is 0 Å². The fraction of sp³-hybridized carbons (Fsp3) is 0.571. The van der Waals surface area contributed by atoms with Crippen molar-refractivity contribution < 1.29 is 5.11 Å². The van der Waals surface area contributed by atoms with Crippen LogP contribution in [0.5, 0.6) is 0 Å². The van der Waals surface area contributed by atoms with Crippen LogP contribution >= 0.6 is 0 Å². The molecule has 0 fully saturated rings. The van der Waals surface area contributed by atoms with E-state index >= 15 is 0 Å². The molecule has 1 aromatic carbocycles. The van der Waals surface area contributed by atoms with Gasteiger partial charge in [0.2, 0.25) is 0 Å². The van der Waals surface area contributed by atoms with Crippen molar-refractivity contribution >= 4 is 0 Å². The molecule has 1 aromatic rings. The van der Waals surface area contributed by atoms with Crippen molar-refractivity contribution in [3.63, 3.8) is 0 Å². The van der Waals surface area contributed by atoms with E-state index in [-0.39, 0.29) is 6.10 Å². The Labute approximate surface area is 93.1 Å². The van der Waals surface area contributed by atoms with Gasteiger partial charge in [-0.1, -0.05) is 43.7 Å². The first-order chi connectivity index (χ1) is 7.00. The van der Waals surface area contributed by atoms with Gasteiger partial charge in [0.05, 0.1) is 6.10 Å². The third kappa shape index (κ3) is 3.67. The second-order valence-electron chi connectivity index (χ2n) is 4.84. The lowest BCUT2D eigenvalue weighted by molar-refractivity contribution is 0.0977. The van der Waals surface area contributed by atoms with Crippen LogP contribution in [0.3, 0.4) is 0 Å². The van der Waals surface area contributed by atoms with Crippen molar-refractivity contribution in [2.75, 3.05) is 0 Å². The third-order valence-corrected chi connectivity index (χ3v) is 3.07. The first kappa shape index (κ1) is 12.3. The zero-order chi connectivity index (χ0) is 11.4. The van der Waals surface area contributed by atoms with E-state index in [0.717, 1.165) is 6.42 Å². The second-order valence-corrected chi connectivity index (χ2v) is 4.84. The molecule has 0 aliphatic carbocycles.